The Hall–Kier alpha value is -1.20. The molecule has 0 saturated carbocycles. The molecule has 0 amide bonds. The van der Waals surface area contributed by atoms with Gasteiger partial charge in [0.2, 0.25) is 0 Å². The molecule has 0 aliphatic carbocycles. The summed E-state index contributed by atoms with van der Waals surface area (Å²) in [4.78, 5) is 8.97. The number of nitrogens with one attached hydrogen (secondary N) is 1. The van der Waals surface area contributed by atoms with Crippen molar-refractivity contribution in [3.05, 3.63) is 17.7 Å². The fourth-order valence-corrected chi connectivity index (χ4v) is 1.72. The molecule has 0 bridgehead atoms. The van der Waals surface area contributed by atoms with Crippen LogP contribution in [-0.2, 0) is 11.3 Å². The van der Waals surface area contributed by atoms with Crippen LogP contribution in [0.5, 0.6) is 5.75 Å². The van der Waals surface area contributed by atoms with Crippen molar-refractivity contribution in [3.63, 3.8) is 0 Å². The lowest BCUT2D eigenvalue weighted by atomic mass is 10.2. The van der Waals surface area contributed by atoms with E-state index in [4.69, 9.17) is 9.47 Å². The molecular weight excluding hydrogens is 266 g/mol. The minimum Gasteiger partial charge on any atom is -0.488 e. The zero-order chi connectivity index (χ0) is 15.7. The molecule has 1 N–H and O–H groups in total. The lowest BCUT2D eigenvalue weighted by Gasteiger charge is -2.13. The minimum absolute atomic E-state index is 0.314. The molecule has 0 fully saturated rings. The summed E-state index contributed by atoms with van der Waals surface area (Å²) < 4.78 is 11.3. The van der Waals surface area contributed by atoms with Gasteiger partial charge in [0.25, 0.3) is 0 Å². The summed E-state index contributed by atoms with van der Waals surface area (Å²) in [5.41, 5.74) is 0.916. The number of ether oxygens (including phenoxy) is 2. The van der Waals surface area contributed by atoms with Gasteiger partial charge in [-0.1, -0.05) is 34.6 Å². The first-order valence-corrected chi connectivity index (χ1v) is 7.81. The molecule has 0 spiro atoms. The van der Waals surface area contributed by atoms with Gasteiger partial charge in [-0.15, -0.1) is 0 Å². The van der Waals surface area contributed by atoms with E-state index in [1.807, 2.05) is 0 Å². The molecular formula is C16H29N3O2. The molecule has 21 heavy (non-hydrogen) atoms. The summed E-state index contributed by atoms with van der Waals surface area (Å²) in [6, 6.07) is 0. The van der Waals surface area contributed by atoms with Crippen molar-refractivity contribution >= 4 is 0 Å². The van der Waals surface area contributed by atoms with Crippen LogP contribution in [0.4, 0.5) is 0 Å². The summed E-state index contributed by atoms with van der Waals surface area (Å²) in [5, 5.41) is 3.29. The first kappa shape index (κ1) is 17.9. The van der Waals surface area contributed by atoms with Crippen LogP contribution < -0.4 is 10.1 Å². The Balaban J connectivity index is 2.58. The second kappa shape index (κ2) is 9.68. The van der Waals surface area contributed by atoms with Gasteiger partial charge in [-0.3, -0.25) is 0 Å². The smallest absolute Gasteiger partial charge is 0.160 e. The Morgan fingerprint density at radius 3 is 2.57 bits per heavy atom. The van der Waals surface area contributed by atoms with E-state index in [-0.39, 0.29) is 0 Å². The number of hydrogen-bond donors (Lipinski definition) is 1. The molecule has 120 valence electrons. The topological polar surface area (TPSA) is 56.3 Å². The van der Waals surface area contributed by atoms with Crippen molar-refractivity contribution in [2.24, 2.45) is 5.92 Å². The van der Waals surface area contributed by atoms with Crippen molar-refractivity contribution in [1.82, 2.24) is 15.3 Å². The third kappa shape index (κ3) is 6.87. The molecule has 0 unspecified atom stereocenters. The van der Waals surface area contributed by atoms with E-state index in [9.17, 15) is 0 Å². The van der Waals surface area contributed by atoms with E-state index < -0.39 is 0 Å². The number of rotatable bonds is 10. The highest BCUT2D eigenvalue weighted by Crippen LogP contribution is 2.18. The normalized spacial score (nSPS) is 11.4. The Labute approximate surface area is 128 Å². The third-order valence-corrected chi connectivity index (χ3v) is 2.84. The molecule has 1 aromatic heterocycles. The molecule has 0 radical (unpaired) electrons. The largest absolute Gasteiger partial charge is 0.488 e. The van der Waals surface area contributed by atoms with E-state index in [1.54, 1.807) is 6.20 Å². The summed E-state index contributed by atoms with van der Waals surface area (Å²) in [6.45, 7) is 14.0. The quantitative estimate of drug-likeness (QED) is 0.673. The van der Waals surface area contributed by atoms with Crippen molar-refractivity contribution in [1.29, 1.82) is 0 Å². The maximum atomic E-state index is 5.76. The highest BCUT2D eigenvalue weighted by molar-refractivity contribution is 5.25. The van der Waals surface area contributed by atoms with Crippen LogP contribution >= 0.6 is 0 Å². The van der Waals surface area contributed by atoms with Crippen LogP contribution in [0.15, 0.2) is 6.20 Å². The Bertz CT molecular complexity index is 409. The SMILES string of the molecule is CCNCc1nc(C(C)C)ncc1OCCOCC(C)C. The van der Waals surface area contributed by atoms with E-state index in [0.29, 0.717) is 31.6 Å². The van der Waals surface area contributed by atoms with Gasteiger partial charge in [-0.25, -0.2) is 9.97 Å². The fraction of sp³-hybridized carbons (Fsp3) is 0.750. The molecule has 5 nitrogen and oxygen atoms in total. The van der Waals surface area contributed by atoms with E-state index in [2.05, 4.69) is 49.9 Å². The summed E-state index contributed by atoms with van der Waals surface area (Å²) >= 11 is 0. The van der Waals surface area contributed by atoms with Crippen molar-refractivity contribution in [2.75, 3.05) is 26.4 Å². The van der Waals surface area contributed by atoms with Crippen LogP contribution in [0.3, 0.4) is 0 Å². The maximum absolute atomic E-state index is 5.76. The van der Waals surface area contributed by atoms with Gasteiger partial charge in [0.15, 0.2) is 5.75 Å². The molecule has 0 aliphatic heterocycles. The van der Waals surface area contributed by atoms with Crippen LogP contribution in [-0.4, -0.2) is 36.3 Å². The standard InChI is InChI=1S/C16H29N3O2/c1-6-17-9-14-15(10-18-16(19-14)13(4)5)21-8-7-20-11-12(2)3/h10,12-13,17H,6-9,11H2,1-5H3. The van der Waals surface area contributed by atoms with Crippen LogP contribution in [0.1, 0.15) is 52.1 Å². The van der Waals surface area contributed by atoms with Gasteiger partial charge in [-0.2, -0.15) is 0 Å². The molecule has 0 aromatic carbocycles. The summed E-state index contributed by atoms with van der Waals surface area (Å²) in [6.07, 6.45) is 1.78. The zero-order valence-corrected chi connectivity index (χ0v) is 14.0. The first-order chi connectivity index (χ1) is 10.0. The van der Waals surface area contributed by atoms with E-state index in [0.717, 1.165) is 30.4 Å². The Kier molecular flexibility index (Phi) is 8.23. The molecule has 0 aliphatic rings. The average molecular weight is 295 g/mol. The van der Waals surface area contributed by atoms with Crippen molar-refractivity contribution in [2.45, 2.75) is 47.1 Å². The molecule has 5 heteroatoms. The summed E-state index contributed by atoms with van der Waals surface area (Å²) in [7, 11) is 0. The second-order valence-electron chi connectivity index (χ2n) is 5.79. The lowest BCUT2D eigenvalue weighted by molar-refractivity contribution is 0.0813. The predicted molar refractivity (Wildman–Crippen MR) is 84.7 cm³/mol. The molecule has 1 heterocycles. The molecule has 0 saturated heterocycles. The van der Waals surface area contributed by atoms with Gasteiger partial charge < -0.3 is 14.8 Å². The minimum atomic E-state index is 0.314. The highest BCUT2D eigenvalue weighted by Gasteiger charge is 2.10. The van der Waals surface area contributed by atoms with Crippen molar-refractivity contribution in [3.8, 4) is 5.75 Å². The fourth-order valence-electron chi connectivity index (χ4n) is 1.72. The van der Waals surface area contributed by atoms with E-state index in [1.165, 1.54) is 0 Å². The number of aromatic nitrogens is 2. The first-order valence-electron chi connectivity index (χ1n) is 7.81. The Morgan fingerprint density at radius 2 is 1.95 bits per heavy atom. The van der Waals surface area contributed by atoms with Crippen LogP contribution in [0.25, 0.3) is 0 Å². The third-order valence-electron chi connectivity index (χ3n) is 2.84. The molecule has 1 aromatic rings. The second-order valence-corrected chi connectivity index (χ2v) is 5.79. The van der Waals surface area contributed by atoms with Gasteiger partial charge in [-0.05, 0) is 12.5 Å². The van der Waals surface area contributed by atoms with Gasteiger partial charge in [0, 0.05) is 19.1 Å². The monoisotopic (exact) mass is 295 g/mol. The molecule has 0 atom stereocenters. The molecule has 1 rings (SSSR count). The zero-order valence-electron chi connectivity index (χ0n) is 14.0. The summed E-state index contributed by atoms with van der Waals surface area (Å²) in [5.74, 6) is 2.46. The van der Waals surface area contributed by atoms with E-state index >= 15 is 0 Å². The Morgan fingerprint density at radius 1 is 1.19 bits per heavy atom. The average Bonchev–Trinajstić information content (AvgIpc) is 2.44. The van der Waals surface area contributed by atoms with Gasteiger partial charge in [0.05, 0.1) is 18.5 Å². The predicted octanol–water partition coefficient (Wildman–Crippen LogP) is 2.76. The van der Waals surface area contributed by atoms with Crippen LogP contribution in [0, 0.1) is 5.92 Å². The number of nitrogens with zero attached hydrogens (tertiary/aromatic N) is 2. The van der Waals surface area contributed by atoms with Gasteiger partial charge >= 0.3 is 0 Å². The van der Waals surface area contributed by atoms with Gasteiger partial charge in [0.1, 0.15) is 12.4 Å². The van der Waals surface area contributed by atoms with Crippen LogP contribution in [0.2, 0.25) is 0 Å². The number of hydrogen-bond acceptors (Lipinski definition) is 5. The van der Waals surface area contributed by atoms with Crippen molar-refractivity contribution < 1.29 is 9.47 Å². The lowest BCUT2D eigenvalue weighted by Crippen LogP contribution is -2.17. The highest BCUT2D eigenvalue weighted by atomic mass is 16.5. The maximum Gasteiger partial charge on any atom is 0.160 e.